The first-order chi connectivity index (χ1) is 11.5. The van der Waals surface area contributed by atoms with E-state index in [0.29, 0.717) is 12.6 Å². The highest BCUT2D eigenvalue weighted by Gasteiger charge is 2.34. The fourth-order valence-corrected chi connectivity index (χ4v) is 2.94. The van der Waals surface area contributed by atoms with Gasteiger partial charge in [-0.2, -0.15) is 0 Å². The predicted molar refractivity (Wildman–Crippen MR) is 93.5 cm³/mol. The molecule has 2 N–H and O–H groups in total. The minimum atomic E-state index is -0.223. The van der Waals surface area contributed by atoms with E-state index in [-0.39, 0.29) is 11.7 Å². The third-order valence-electron chi connectivity index (χ3n) is 4.68. The van der Waals surface area contributed by atoms with E-state index < -0.39 is 0 Å². The fourth-order valence-electron chi connectivity index (χ4n) is 2.94. The minimum absolute atomic E-state index is 0.0299. The third-order valence-corrected chi connectivity index (χ3v) is 4.68. The van der Waals surface area contributed by atoms with Crippen LogP contribution in [-0.2, 0) is 11.3 Å². The minimum Gasteiger partial charge on any atom is -0.321 e. The normalized spacial score (nSPS) is 15.1. The van der Waals surface area contributed by atoms with Crippen LogP contribution in [0.5, 0.6) is 0 Å². The topological polar surface area (TPSA) is 33.5 Å². The molecule has 24 heavy (non-hydrogen) atoms. The summed E-state index contributed by atoms with van der Waals surface area (Å²) < 4.78 is 13.0. The summed E-state index contributed by atoms with van der Waals surface area (Å²) >= 11 is 0. The van der Waals surface area contributed by atoms with Crippen LogP contribution in [0.4, 0.5) is 10.1 Å². The summed E-state index contributed by atoms with van der Waals surface area (Å²) in [6.07, 6.45) is 2.32. The average Bonchev–Trinajstić information content (AvgIpc) is 3.37. The van der Waals surface area contributed by atoms with Gasteiger partial charge in [0, 0.05) is 24.1 Å². The zero-order valence-corrected chi connectivity index (χ0v) is 14.2. The Balaban J connectivity index is 1.61. The number of hydrogen-bond acceptors (Lipinski definition) is 1. The molecule has 0 aliphatic heterocycles. The molecular weight excluding hydrogens is 303 g/mol. The molecule has 1 saturated carbocycles. The van der Waals surface area contributed by atoms with Gasteiger partial charge in [0.2, 0.25) is 0 Å². The van der Waals surface area contributed by atoms with Gasteiger partial charge in [0.25, 0.3) is 5.91 Å². The van der Waals surface area contributed by atoms with E-state index in [1.807, 2.05) is 25.1 Å². The largest absolute Gasteiger partial charge is 0.321 e. The maximum Gasteiger partial charge on any atom is 0.279 e. The molecule has 1 aliphatic carbocycles. The van der Waals surface area contributed by atoms with Gasteiger partial charge in [-0.25, -0.2) is 4.39 Å². The second kappa shape index (κ2) is 7.14. The van der Waals surface area contributed by atoms with Crippen molar-refractivity contribution in [3.05, 3.63) is 65.0 Å². The van der Waals surface area contributed by atoms with E-state index in [9.17, 15) is 9.18 Å². The summed E-state index contributed by atoms with van der Waals surface area (Å²) in [6.45, 7) is 5.30. The van der Waals surface area contributed by atoms with Crippen LogP contribution in [-0.4, -0.2) is 18.5 Å². The van der Waals surface area contributed by atoms with Crippen molar-refractivity contribution < 1.29 is 14.1 Å². The molecule has 1 aliphatic rings. The fraction of sp³-hybridized carbons (Fsp3) is 0.350. The standard InChI is InChI=1S/C20H23FN2O/c1-14-3-8-18(11-15(14)2)22-20(24)13-23(19-9-10-19)12-16-4-6-17(21)7-5-16/h3-8,11,19H,9-10,12-13H2,1-2H3,(H,22,24)/p+1. The van der Waals surface area contributed by atoms with Crippen LogP contribution in [0.2, 0.25) is 0 Å². The molecule has 1 atom stereocenters. The number of aryl methyl sites for hydroxylation is 2. The maximum atomic E-state index is 13.0. The molecule has 126 valence electrons. The highest BCUT2D eigenvalue weighted by atomic mass is 19.1. The number of hydrogen-bond donors (Lipinski definition) is 2. The SMILES string of the molecule is Cc1ccc(NC(=O)C[NH+](Cc2ccc(F)cc2)C2CC2)cc1C. The van der Waals surface area contributed by atoms with Crippen LogP contribution in [0.15, 0.2) is 42.5 Å². The Kier molecular flexibility index (Phi) is 4.95. The van der Waals surface area contributed by atoms with Crippen LogP contribution in [0.1, 0.15) is 29.5 Å². The summed E-state index contributed by atoms with van der Waals surface area (Å²) in [6, 6.07) is 13.1. The van der Waals surface area contributed by atoms with E-state index in [1.165, 1.54) is 28.2 Å². The van der Waals surface area contributed by atoms with Gasteiger partial charge >= 0.3 is 0 Å². The number of carbonyl (C=O) groups is 1. The monoisotopic (exact) mass is 327 g/mol. The van der Waals surface area contributed by atoms with E-state index in [4.69, 9.17) is 0 Å². The molecule has 2 aromatic rings. The number of rotatable bonds is 6. The average molecular weight is 327 g/mol. The lowest BCUT2D eigenvalue weighted by atomic mass is 10.1. The van der Waals surface area contributed by atoms with E-state index in [2.05, 4.69) is 12.2 Å². The van der Waals surface area contributed by atoms with Gasteiger partial charge in [-0.1, -0.05) is 18.2 Å². The van der Waals surface area contributed by atoms with Crippen molar-refractivity contribution in [2.24, 2.45) is 0 Å². The molecule has 4 heteroatoms. The lowest BCUT2D eigenvalue weighted by Gasteiger charge is -2.19. The summed E-state index contributed by atoms with van der Waals surface area (Å²) in [5, 5.41) is 3.00. The van der Waals surface area contributed by atoms with Gasteiger partial charge in [-0.3, -0.25) is 4.79 Å². The summed E-state index contributed by atoms with van der Waals surface area (Å²) in [5.41, 5.74) is 4.30. The predicted octanol–water partition coefficient (Wildman–Crippen LogP) is 2.63. The number of amides is 1. The van der Waals surface area contributed by atoms with Gasteiger partial charge in [-0.15, -0.1) is 0 Å². The molecule has 0 spiro atoms. The van der Waals surface area contributed by atoms with Gasteiger partial charge in [0.15, 0.2) is 6.54 Å². The van der Waals surface area contributed by atoms with Crippen molar-refractivity contribution in [1.82, 2.24) is 0 Å². The molecule has 1 amide bonds. The maximum absolute atomic E-state index is 13.0. The van der Waals surface area contributed by atoms with Crippen molar-refractivity contribution in [2.75, 3.05) is 11.9 Å². The number of anilines is 1. The van der Waals surface area contributed by atoms with Crippen LogP contribution in [0, 0.1) is 19.7 Å². The number of quaternary nitrogens is 1. The summed E-state index contributed by atoms with van der Waals surface area (Å²) in [7, 11) is 0. The number of nitrogens with one attached hydrogen (secondary N) is 2. The lowest BCUT2D eigenvalue weighted by Crippen LogP contribution is -3.13. The highest BCUT2D eigenvalue weighted by molar-refractivity contribution is 5.91. The van der Waals surface area contributed by atoms with Gasteiger partial charge < -0.3 is 10.2 Å². The second-order valence-corrected chi connectivity index (χ2v) is 6.76. The molecule has 0 aromatic heterocycles. The van der Waals surface area contributed by atoms with E-state index in [1.54, 1.807) is 12.1 Å². The Bertz CT molecular complexity index is 723. The van der Waals surface area contributed by atoms with Crippen LogP contribution in [0.25, 0.3) is 0 Å². The van der Waals surface area contributed by atoms with Gasteiger partial charge in [0.1, 0.15) is 12.4 Å². The Morgan fingerprint density at radius 2 is 1.83 bits per heavy atom. The highest BCUT2D eigenvalue weighted by Crippen LogP contribution is 2.16. The Morgan fingerprint density at radius 1 is 1.12 bits per heavy atom. The molecule has 0 saturated heterocycles. The zero-order chi connectivity index (χ0) is 17.1. The van der Waals surface area contributed by atoms with Gasteiger partial charge in [-0.05, 0) is 49.2 Å². The molecule has 0 heterocycles. The smallest absolute Gasteiger partial charge is 0.279 e. The molecule has 3 nitrogen and oxygen atoms in total. The van der Waals surface area contributed by atoms with Crippen molar-refractivity contribution in [3.8, 4) is 0 Å². The van der Waals surface area contributed by atoms with Crippen LogP contribution < -0.4 is 10.2 Å². The quantitative estimate of drug-likeness (QED) is 0.840. The second-order valence-electron chi connectivity index (χ2n) is 6.76. The number of carbonyl (C=O) groups excluding carboxylic acids is 1. The van der Waals surface area contributed by atoms with E-state index >= 15 is 0 Å². The van der Waals surface area contributed by atoms with Crippen molar-refractivity contribution in [3.63, 3.8) is 0 Å². The summed E-state index contributed by atoms with van der Waals surface area (Å²) in [4.78, 5) is 13.7. The third kappa shape index (κ3) is 4.42. The molecule has 1 fully saturated rings. The number of halogens is 1. The molecule has 2 aromatic carbocycles. The van der Waals surface area contributed by atoms with Crippen LogP contribution in [0.3, 0.4) is 0 Å². The van der Waals surface area contributed by atoms with Crippen molar-refractivity contribution in [1.29, 1.82) is 0 Å². The molecular formula is C20H24FN2O+. The first kappa shape index (κ1) is 16.7. The summed E-state index contributed by atoms with van der Waals surface area (Å²) in [5.74, 6) is -0.193. The first-order valence-electron chi connectivity index (χ1n) is 8.47. The van der Waals surface area contributed by atoms with Crippen molar-refractivity contribution in [2.45, 2.75) is 39.3 Å². The van der Waals surface area contributed by atoms with Gasteiger partial charge in [0.05, 0.1) is 6.04 Å². The molecule has 3 rings (SSSR count). The first-order valence-corrected chi connectivity index (χ1v) is 8.47. The lowest BCUT2D eigenvalue weighted by molar-refractivity contribution is -0.916. The zero-order valence-electron chi connectivity index (χ0n) is 14.2. The Labute approximate surface area is 142 Å². The molecule has 0 bridgehead atoms. The van der Waals surface area contributed by atoms with Crippen LogP contribution >= 0.6 is 0 Å². The Morgan fingerprint density at radius 3 is 2.46 bits per heavy atom. The van der Waals surface area contributed by atoms with E-state index in [0.717, 1.165) is 30.6 Å². The van der Waals surface area contributed by atoms with Crippen molar-refractivity contribution >= 4 is 11.6 Å². The molecule has 0 radical (unpaired) electrons. The number of benzene rings is 2. The molecule has 1 unspecified atom stereocenters. The Hall–Kier alpha value is -2.20.